The molecule has 1 rings (SSSR count). The van der Waals surface area contributed by atoms with E-state index in [1.54, 1.807) is 0 Å². The number of alkyl halides is 5. The van der Waals surface area contributed by atoms with Gasteiger partial charge in [0.2, 0.25) is 0 Å². The minimum Gasteiger partial charge on any atom is -0.298 e. The Kier molecular flexibility index (Phi) is 3.25. The monoisotopic (exact) mass is 239 g/mol. The number of nitrogens with zero attached hydrogens (tertiary/aromatic N) is 1. The standard InChI is InChI=1S/C9H6F5NO/c1-4-6(3-16)5(8(10)11)2-7(15-4)9(12,13)14/h2-3,8H,1H3. The van der Waals surface area contributed by atoms with Crippen molar-refractivity contribution in [2.75, 3.05) is 0 Å². The maximum absolute atomic E-state index is 12.4. The first-order valence-electron chi connectivity index (χ1n) is 4.09. The van der Waals surface area contributed by atoms with E-state index in [1.165, 1.54) is 0 Å². The highest BCUT2D eigenvalue weighted by atomic mass is 19.4. The number of hydrogen-bond acceptors (Lipinski definition) is 2. The summed E-state index contributed by atoms with van der Waals surface area (Å²) in [7, 11) is 0. The molecule has 0 bridgehead atoms. The highest BCUT2D eigenvalue weighted by molar-refractivity contribution is 5.79. The molecule has 16 heavy (non-hydrogen) atoms. The van der Waals surface area contributed by atoms with Gasteiger partial charge in [-0.1, -0.05) is 0 Å². The van der Waals surface area contributed by atoms with Crippen LogP contribution < -0.4 is 0 Å². The molecule has 0 spiro atoms. The average Bonchev–Trinajstić information content (AvgIpc) is 2.14. The van der Waals surface area contributed by atoms with E-state index in [-0.39, 0.29) is 18.0 Å². The molecule has 0 aromatic carbocycles. The minimum atomic E-state index is -4.81. The summed E-state index contributed by atoms with van der Waals surface area (Å²) >= 11 is 0. The summed E-state index contributed by atoms with van der Waals surface area (Å²) < 4.78 is 61.6. The first-order chi connectivity index (χ1) is 7.27. The smallest absolute Gasteiger partial charge is 0.298 e. The summed E-state index contributed by atoms with van der Waals surface area (Å²) in [4.78, 5) is 13.5. The largest absolute Gasteiger partial charge is 0.433 e. The number of halogens is 5. The van der Waals surface area contributed by atoms with Crippen LogP contribution in [0.15, 0.2) is 6.07 Å². The molecule has 2 nitrogen and oxygen atoms in total. The van der Waals surface area contributed by atoms with Gasteiger partial charge in [0, 0.05) is 16.8 Å². The third kappa shape index (κ3) is 2.34. The first-order valence-corrected chi connectivity index (χ1v) is 4.09. The number of carbonyl (C=O) groups excluding carboxylic acids is 1. The molecule has 0 saturated heterocycles. The number of pyridine rings is 1. The van der Waals surface area contributed by atoms with Gasteiger partial charge < -0.3 is 0 Å². The van der Waals surface area contributed by atoms with Gasteiger partial charge in [-0.05, 0) is 13.0 Å². The molecule has 0 atom stereocenters. The molecule has 0 unspecified atom stereocenters. The van der Waals surface area contributed by atoms with Crippen LogP contribution in [0.3, 0.4) is 0 Å². The molecule has 1 aromatic heterocycles. The van der Waals surface area contributed by atoms with Crippen molar-refractivity contribution in [2.45, 2.75) is 19.5 Å². The topological polar surface area (TPSA) is 30.0 Å². The number of aldehydes is 1. The Bertz CT molecular complexity index is 413. The maximum Gasteiger partial charge on any atom is 0.433 e. The highest BCUT2D eigenvalue weighted by Gasteiger charge is 2.34. The summed E-state index contributed by atoms with van der Waals surface area (Å²) in [6, 6.07) is 0.196. The van der Waals surface area contributed by atoms with Crippen molar-refractivity contribution in [3.63, 3.8) is 0 Å². The second kappa shape index (κ2) is 4.15. The molecule has 0 amide bonds. The molecule has 7 heteroatoms. The van der Waals surface area contributed by atoms with Gasteiger partial charge in [-0.25, -0.2) is 13.8 Å². The van der Waals surface area contributed by atoms with Crippen molar-refractivity contribution in [3.8, 4) is 0 Å². The number of aromatic nitrogens is 1. The molecule has 1 heterocycles. The van der Waals surface area contributed by atoms with Gasteiger partial charge >= 0.3 is 6.18 Å². The second-order valence-corrected chi connectivity index (χ2v) is 3.01. The zero-order valence-electron chi connectivity index (χ0n) is 7.98. The van der Waals surface area contributed by atoms with Crippen molar-refractivity contribution in [2.24, 2.45) is 0 Å². The summed E-state index contributed by atoms with van der Waals surface area (Å²) in [5.41, 5.74) is -3.23. The number of rotatable bonds is 2. The fourth-order valence-corrected chi connectivity index (χ4v) is 1.19. The van der Waals surface area contributed by atoms with Gasteiger partial charge in [0.1, 0.15) is 5.69 Å². The molecule has 0 aliphatic heterocycles. The van der Waals surface area contributed by atoms with Crippen LogP contribution in [0.4, 0.5) is 22.0 Å². The van der Waals surface area contributed by atoms with Crippen molar-refractivity contribution >= 4 is 6.29 Å². The third-order valence-electron chi connectivity index (χ3n) is 1.92. The number of carbonyl (C=O) groups is 1. The van der Waals surface area contributed by atoms with Crippen LogP contribution in [-0.4, -0.2) is 11.3 Å². The number of hydrogen-bond donors (Lipinski definition) is 0. The van der Waals surface area contributed by atoms with Gasteiger partial charge in [-0.15, -0.1) is 0 Å². The van der Waals surface area contributed by atoms with E-state index in [0.717, 1.165) is 6.92 Å². The van der Waals surface area contributed by atoms with Gasteiger partial charge in [0.15, 0.2) is 6.29 Å². The SMILES string of the molecule is Cc1nc(C(F)(F)F)cc(C(F)F)c1C=O. The van der Waals surface area contributed by atoms with E-state index in [4.69, 9.17) is 0 Å². The van der Waals surface area contributed by atoms with Crippen molar-refractivity contribution in [1.82, 2.24) is 4.98 Å². The van der Waals surface area contributed by atoms with E-state index >= 15 is 0 Å². The number of aryl methyl sites for hydroxylation is 1. The first kappa shape index (κ1) is 12.5. The van der Waals surface area contributed by atoms with Gasteiger partial charge in [-0.3, -0.25) is 4.79 Å². The molecule has 0 aliphatic carbocycles. The fourth-order valence-electron chi connectivity index (χ4n) is 1.19. The molecule has 0 aliphatic rings. The summed E-state index contributed by atoms with van der Waals surface area (Å²) in [5.74, 6) is 0. The van der Waals surface area contributed by atoms with Crippen molar-refractivity contribution < 1.29 is 26.7 Å². The van der Waals surface area contributed by atoms with Crippen LogP contribution in [-0.2, 0) is 6.18 Å². The van der Waals surface area contributed by atoms with Crippen LogP contribution in [0.5, 0.6) is 0 Å². The van der Waals surface area contributed by atoms with Crippen LogP contribution in [0.25, 0.3) is 0 Å². The lowest BCUT2D eigenvalue weighted by Gasteiger charge is -2.11. The normalized spacial score (nSPS) is 11.9. The van der Waals surface area contributed by atoms with Crippen molar-refractivity contribution in [1.29, 1.82) is 0 Å². The maximum atomic E-state index is 12.4. The van der Waals surface area contributed by atoms with E-state index in [2.05, 4.69) is 4.98 Å². The molecular formula is C9H6F5NO. The van der Waals surface area contributed by atoms with Gasteiger partial charge in [-0.2, -0.15) is 13.2 Å². The molecule has 88 valence electrons. The summed E-state index contributed by atoms with van der Waals surface area (Å²) in [6.07, 6.45) is -7.89. The minimum absolute atomic E-state index is 0.0734. The lowest BCUT2D eigenvalue weighted by Crippen LogP contribution is -2.12. The fraction of sp³-hybridized carbons (Fsp3) is 0.333. The van der Waals surface area contributed by atoms with E-state index in [0.29, 0.717) is 0 Å². The lowest BCUT2D eigenvalue weighted by molar-refractivity contribution is -0.141. The van der Waals surface area contributed by atoms with Crippen LogP contribution in [0, 0.1) is 6.92 Å². The van der Waals surface area contributed by atoms with Crippen molar-refractivity contribution in [3.05, 3.63) is 28.6 Å². The molecule has 0 N–H and O–H groups in total. The zero-order valence-corrected chi connectivity index (χ0v) is 7.98. The predicted molar refractivity (Wildman–Crippen MR) is 44.3 cm³/mol. The molecule has 0 saturated carbocycles. The molecule has 0 fully saturated rings. The predicted octanol–water partition coefficient (Wildman–Crippen LogP) is 3.16. The quantitative estimate of drug-likeness (QED) is 0.586. The average molecular weight is 239 g/mol. The lowest BCUT2D eigenvalue weighted by atomic mass is 10.1. The van der Waals surface area contributed by atoms with Crippen LogP contribution in [0.2, 0.25) is 0 Å². The molecule has 0 radical (unpaired) electrons. The Morgan fingerprint density at radius 3 is 2.31 bits per heavy atom. The van der Waals surface area contributed by atoms with Gasteiger partial charge in [0.05, 0.1) is 0 Å². The van der Waals surface area contributed by atoms with Crippen LogP contribution in [0.1, 0.15) is 33.7 Å². The van der Waals surface area contributed by atoms with Gasteiger partial charge in [0.25, 0.3) is 6.43 Å². The Hall–Kier alpha value is -1.53. The highest BCUT2D eigenvalue weighted by Crippen LogP contribution is 2.32. The Labute approximate surface area is 87.1 Å². The Morgan fingerprint density at radius 1 is 1.38 bits per heavy atom. The third-order valence-corrected chi connectivity index (χ3v) is 1.92. The summed E-state index contributed by atoms with van der Waals surface area (Å²) in [5, 5.41) is 0. The summed E-state index contributed by atoms with van der Waals surface area (Å²) in [6.45, 7) is 1.07. The van der Waals surface area contributed by atoms with Crippen LogP contribution >= 0.6 is 0 Å². The Morgan fingerprint density at radius 2 is 1.94 bits per heavy atom. The second-order valence-electron chi connectivity index (χ2n) is 3.01. The Balaban J connectivity index is 3.46. The van der Waals surface area contributed by atoms with E-state index in [1.807, 2.05) is 0 Å². The zero-order chi connectivity index (χ0) is 12.5. The molecule has 1 aromatic rings. The van der Waals surface area contributed by atoms with E-state index in [9.17, 15) is 26.7 Å². The van der Waals surface area contributed by atoms with E-state index < -0.39 is 29.4 Å². The molecular weight excluding hydrogens is 233 g/mol.